The van der Waals surface area contributed by atoms with Gasteiger partial charge < -0.3 is 10.6 Å². The number of nitrogens with zero attached hydrogens (tertiary/aromatic N) is 2. The van der Waals surface area contributed by atoms with E-state index in [2.05, 4.69) is 31.7 Å². The molecule has 0 saturated heterocycles. The van der Waals surface area contributed by atoms with Gasteiger partial charge in [-0.15, -0.1) is 12.4 Å². The Balaban J connectivity index is 0.00000288. The van der Waals surface area contributed by atoms with Gasteiger partial charge in [-0.1, -0.05) is 15.9 Å². The van der Waals surface area contributed by atoms with E-state index in [0.717, 1.165) is 12.1 Å². The van der Waals surface area contributed by atoms with Crippen LogP contribution in [0.2, 0.25) is 0 Å². The van der Waals surface area contributed by atoms with Crippen LogP contribution in [0.15, 0.2) is 35.1 Å². The number of aryl methyl sites for hydroxylation is 1. The summed E-state index contributed by atoms with van der Waals surface area (Å²) in [5.41, 5.74) is -0.177. The molecule has 0 spiro atoms. The van der Waals surface area contributed by atoms with Crippen molar-refractivity contribution in [3.63, 3.8) is 0 Å². The smallest absolute Gasteiger partial charge is 0.324 e. The van der Waals surface area contributed by atoms with Crippen molar-refractivity contribution in [1.82, 2.24) is 15.1 Å². The molecule has 24 heavy (non-hydrogen) atoms. The summed E-state index contributed by atoms with van der Waals surface area (Å²) in [5.74, 6) is -0.480. The van der Waals surface area contributed by atoms with Crippen LogP contribution in [0.5, 0.6) is 0 Å². The quantitative estimate of drug-likeness (QED) is 0.785. The second-order valence-electron chi connectivity index (χ2n) is 4.88. The average molecular weight is 428 g/mol. The normalized spacial score (nSPS) is 12.4. The largest absolute Gasteiger partial charge is 0.416 e. The number of benzene rings is 1. The molecule has 1 unspecified atom stereocenters. The van der Waals surface area contributed by atoms with E-state index in [4.69, 9.17) is 0 Å². The lowest BCUT2D eigenvalue weighted by atomic mass is 10.1. The Kier molecular flexibility index (Phi) is 6.82. The van der Waals surface area contributed by atoms with E-state index in [1.165, 1.54) is 16.9 Å². The summed E-state index contributed by atoms with van der Waals surface area (Å²) in [5, 5.41) is 9.27. The lowest BCUT2D eigenvalue weighted by molar-refractivity contribution is -0.137. The number of halogens is 5. The zero-order valence-electron chi connectivity index (χ0n) is 12.7. The Hall–Kier alpha value is -1.58. The third-order valence-electron chi connectivity index (χ3n) is 3.10. The first-order chi connectivity index (χ1) is 10.7. The number of anilines is 1. The fourth-order valence-corrected chi connectivity index (χ4v) is 2.57. The molecule has 1 atom stereocenters. The van der Waals surface area contributed by atoms with Crippen molar-refractivity contribution in [3.8, 4) is 0 Å². The van der Waals surface area contributed by atoms with Crippen LogP contribution in [0, 0.1) is 0 Å². The number of carbonyl (C=O) groups excluding carboxylic acids is 1. The molecule has 0 radical (unpaired) electrons. The summed E-state index contributed by atoms with van der Waals surface area (Å²) >= 11 is 3.02. The van der Waals surface area contributed by atoms with Gasteiger partial charge in [-0.2, -0.15) is 18.3 Å². The van der Waals surface area contributed by atoms with E-state index in [0.29, 0.717) is 5.56 Å². The number of hydrogen-bond donors (Lipinski definition) is 2. The summed E-state index contributed by atoms with van der Waals surface area (Å²) in [4.78, 5) is 12.3. The molecule has 0 bridgehead atoms. The van der Waals surface area contributed by atoms with Crippen LogP contribution in [-0.4, -0.2) is 22.7 Å². The fraction of sp³-hybridized carbons (Fsp3) is 0.286. The van der Waals surface area contributed by atoms with Gasteiger partial charge in [-0.05, 0) is 25.2 Å². The van der Waals surface area contributed by atoms with Crippen LogP contribution in [0.4, 0.5) is 18.9 Å². The highest BCUT2D eigenvalue weighted by Crippen LogP contribution is 2.33. The molecule has 132 valence electrons. The first-order valence-electron chi connectivity index (χ1n) is 6.55. The van der Waals surface area contributed by atoms with Crippen LogP contribution in [0.25, 0.3) is 0 Å². The molecule has 0 aliphatic heterocycles. The van der Waals surface area contributed by atoms with Gasteiger partial charge in [-0.25, -0.2) is 0 Å². The van der Waals surface area contributed by atoms with Gasteiger partial charge >= 0.3 is 6.18 Å². The molecule has 1 heterocycles. The van der Waals surface area contributed by atoms with Gasteiger partial charge in [0, 0.05) is 29.0 Å². The molecule has 2 N–H and O–H groups in total. The zero-order chi connectivity index (χ0) is 17.2. The van der Waals surface area contributed by atoms with Gasteiger partial charge in [0.1, 0.15) is 6.04 Å². The zero-order valence-corrected chi connectivity index (χ0v) is 15.1. The third kappa shape index (κ3) is 4.96. The van der Waals surface area contributed by atoms with Crippen molar-refractivity contribution in [3.05, 3.63) is 46.2 Å². The number of nitrogens with one attached hydrogen (secondary N) is 2. The Morgan fingerprint density at radius 3 is 2.50 bits per heavy atom. The number of aromatic nitrogens is 2. The minimum atomic E-state index is -4.49. The first-order valence-corrected chi connectivity index (χ1v) is 7.34. The third-order valence-corrected chi connectivity index (χ3v) is 3.56. The fourth-order valence-electron chi connectivity index (χ4n) is 2.08. The molecular formula is C14H15BrClF3N4O. The van der Waals surface area contributed by atoms with Crippen molar-refractivity contribution >= 4 is 39.9 Å². The predicted molar refractivity (Wildman–Crippen MR) is 90.0 cm³/mol. The van der Waals surface area contributed by atoms with Crippen molar-refractivity contribution in [2.24, 2.45) is 7.05 Å². The van der Waals surface area contributed by atoms with E-state index >= 15 is 0 Å². The number of hydrogen-bond acceptors (Lipinski definition) is 3. The van der Waals surface area contributed by atoms with Crippen LogP contribution in [-0.2, 0) is 18.0 Å². The molecule has 0 aliphatic carbocycles. The molecule has 1 aromatic carbocycles. The van der Waals surface area contributed by atoms with E-state index in [9.17, 15) is 18.0 Å². The standard InChI is InChI=1S/C14H14BrF3N4O.ClH/c1-19-12(8-6-20-22(2)7-8)13(23)21-11-4-9(14(16,17)18)3-10(15)5-11;/h3-7,12,19H,1-2H3,(H,21,23);1H. The lowest BCUT2D eigenvalue weighted by Gasteiger charge is -2.16. The monoisotopic (exact) mass is 426 g/mol. The molecule has 1 amide bonds. The van der Waals surface area contributed by atoms with Crippen LogP contribution in [0.3, 0.4) is 0 Å². The summed E-state index contributed by atoms with van der Waals surface area (Å²) < 4.78 is 40.2. The van der Waals surface area contributed by atoms with E-state index in [-0.39, 0.29) is 22.6 Å². The molecule has 2 rings (SSSR count). The number of likely N-dealkylation sites (N-methyl/N-ethyl adjacent to an activating group) is 1. The molecule has 0 fully saturated rings. The maximum absolute atomic E-state index is 12.8. The molecule has 1 aromatic heterocycles. The number of alkyl halides is 3. The van der Waals surface area contributed by atoms with E-state index < -0.39 is 23.7 Å². The highest BCUT2D eigenvalue weighted by Gasteiger charge is 2.31. The van der Waals surface area contributed by atoms with Gasteiger partial charge in [0.15, 0.2) is 0 Å². The Morgan fingerprint density at radius 2 is 2.00 bits per heavy atom. The van der Waals surface area contributed by atoms with Gasteiger partial charge in [0.05, 0.1) is 11.8 Å². The lowest BCUT2D eigenvalue weighted by Crippen LogP contribution is -2.30. The number of amides is 1. The molecule has 2 aromatic rings. The number of rotatable bonds is 4. The molecular weight excluding hydrogens is 413 g/mol. The minimum Gasteiger partial charge on any atom is -0.324 e. The minimum absolute atomic E-state index is 0. The Labute approximate surface area is 151 Å². The van der Waals surface area contributed by atoms with Crippen molar-refractivity contribution in [2.75, 3.05) is 12.4 Å². The topological polar surface area (TPSA) is 59.0 Å². The second-order valence-corrected chi connectivity index (χ2v) is 5.80. The second kappa shape index (κ2) is 8.00. The number of carbonyl (C=O) groups is 1. The first kappa shape index (κ1) is 20.5. The predicted octanol–water partition coefficient (Wildman–Crippen LogP) is 3.52. The highest BCUT2D eigenvalue weighted by atomic mass is 79.9. The van der Waals surface area contributed by atoms with Crippen molar-refractivity contribution in [1.29, 1.82) is 0 Å². The van der Waals surface area contributed by atoms with Gasteiger partial charge in [-0.3, -0.25) is 9.48 Å². The molecule has 0 aliphatic rings. The SMILES string of the molecule is CNC(C(=O)Nc1cc(Br)cc(C(F)(F)F)c1)c1cnn(C)c1.Cl. The maximum Gasteiger partial charge on any atom is 0.416 e. The Morgan fingerprint density at radius 1 is 1.33 bits per heavy atom. The summed E-state index contributed by atoms with van der Waals surface area (Å²) in [7, 11) is 3.29. The molecule has 5 nitrogen and oxygen atoms in total. The van der Waals surface area contributed by atoms with Crippen molar-refractivity contribution < 1.29 is 18.0 Å². The van der Waals surface area contributed by atoms with Crippen LogP contribution < -0.4 is 10.6 Å². The van der Waals surface area contributed by atoms with E-state index in [1.807, 2.05) is 0 Å². The summed E-state index contributed by atoms with van der Waals surface area (Å²) in [6.07, 6.45) is -1.32. The van der Waals surface area contributed by atoms with Crippen LogP contribution in [0.1, 0.15) is 17.2 Å². The summed E-state index contributed by atoms with van der Waals surface area (Å²) in [6.45, 7) is 0. The highest BCUT2D eigenvalue weighted by molar-refractivity contribution is 9.10. The van der Waals surface area contributed by atoms with E-state index in [1.54, 1.807) is 20.3 Å². The Bertz CT molecular complexity index is 720. The average Bonchev–Trinajstić information content (AvgIpc) is 2.84. The molecule has 10 heteroatoms. The maximum atomic E-state index is 12.8. The van der Waals surface area contributed by atoms with Gasteiger partial charge in [0.2, 0.25) is 5.91 Å². The molecule has 0 saturated carbocycles. The van der Waals surface area contributed by atoms with Gasteiger partial charge in [0.25, 0.3) is 0 Å². The van der Waals surface area contributed by atoms with Crippen molar-refractivity contribution in [2.45, 2.75) is 12.2 Å². The van der Waals surface area contributed by atoms with Crippen LogP contribution >= 0.6 is 28.3 Å². The summed E-state index contributed by atoms with van der Waals surface area (Å²) in [6, 6.07) is 2.52.